The normalized spacial score (nSPS) is 13.5. The molecular weight excluding hydrogens is 198 g/mol. The zero-order chi connectivity index (χ0) is 11.7. The number of imidazole rings is 1. The molecule has 3 heteroatoms. The molecule has 1 atom stereocenters. The second kappa shape index (κ2) is 4.16. The van der Waals surface area contributed by atoms with Crippen molar-refractivity contribution in [3.63, 3.8) is 0 Å². The van der Waals surface area contributed by atoms with Crippen LogP contribution in [0.25, 0.3) is 11.0 Å². The first kappa shape index (κ1) is 11.0. The van der Waals surface area contributed by atoms with Crippen molar-refractivity contribution in [3.8, 4) is 0 Å². The van der Waals surface area contributed by atoms with Crippen molar-refractivity contribution in [2.24, 2.45) is 5.92 Å². The van der Waals surface area contributed by atoms with Crippen LogP contribution in [0.1, 0.15) is 33.2 Å². The minimum Gasteiger partial charge on any atom is -0.399 e. The van der Waals surface area contributed by atoms with Gasteiger partial charge in [-0.2, -0.15) is 0 Å². The Kier molecular flexibility index (Phi) is 2.86. The van der Waals surface area contributed by atoms with Gasteiger partial charge in [0.05, 0.1) is 17.4 Å². The van der Waals surface area contributed by atoms with Crippen LogP contribution in [0.2, 0.25) is 0 Å². The van der Waals surface area contributed by atoms with Gasteiger partial charge < -0.3 is 10.3 Å². The Morgan fingerprint density at radius 3 is 2.75 bits per heavy atom. The molecule has 0 saturated heterocycles. The molecule has 0 saturated carbocycles. The van der Waals surface area contributed by atoms with Crippen LogP contribution < -0.4 is 5.73 Å². The number of nitrogen functional groups attached to an aromatic ring is 1. The molecule has 2 aromatic rings. The standard InChI is InChI=1S/C13H19N3/c1-9(2)6-10(3)16-8-15-12-7-11(14)4-5-13(12)16/h4-5,7-10H,6,14H2,1-3H3. The van der Waals surface area contributed by atoms with Gasteiger partial charge in [0.2, 0.25) is 0 Å². The highest BCUT2D eigenvalue weighted by molar-refractivity contribution is 5.79. The molecule has 1 aromatic heterocycles. The van der Waals surface area contributed by atoms with Crippen LogP contribution in [0.5, 0.6) is 0 Å². The highest BCUT2D eigenvalue weighted by atomic mass is 15.1. The molecule has 0 radical (unpaired) electrons. The minimum absolute atomic E-state index is 0.480. The lowest BCUT2D eigenvalue weighted by atomic mass is 10.1. The summed E-state index contributed by atoms with van der Waals surface area (Å²) in [6, 6.07) is 6.39. The van der Waals surface area contributed by atoms with E-state index < -0.39 is 0 Å². The van der Waals surface area contributed by atoms with Gasteiger partial charge in [-0.05, 0) is 37.5 Å². The van der Waals surface area contributed by atoms with Crippen LogP contribution in [-0.4, -0.2) is 9.55 Å². The van der Waals surface area contributed by atoms with Gasteiger partial charge in [0.25, 0.3) is 0 Å². The molecule has 16 heavy (non-hydrogen) atoms. The Hall–Kier alpha value is -1.51. The van der Waals surface area contributed by atoms with Crippen molar-refractivity contribution in [1.82, 2.24) is 9.55 Å². The summed E-state index contributed by atoms with van der Waals surface area (Å²) in [5.74, 6) is 0.696. The molecule has 1 heterocycles. The first-order valence-corrected chi connectivity index (χ1v) is 5.80. The number of hydrogen-bond acceptors (Lipinski definition) is 2. The lowest BCUT2D eigenvalue weighted by molar-refractivity contribution is 0.435. The maximum Gasteiger partial charge on any atom is 0.0960 e. The predicted octanol–water partition coefficient (Wildman–Crippen LogP) is 3.23. The molecule has 0 amide bonds. The number of aromatic nitrogens is 2. The summed E-state index contributed by atoms with van der Waals surface area (Å²) in [5.41, 5.74) is 8.66. The molecular formula is C13H19N3. The topological polar surface area (TPSA) is 43.8 Å². The number of hydrogen-bond donors (Lipinski definition) is 1. The van der Waals surface area contributed by atoms with Crippen LogP contribution in [0, 0.1) is 5.92 Å². The number of fused-ring (bicyclic) bond motifs is 1. The Morgan fingerprint density at radius 1 is 1.31 bits per heavy atom. The smallest absolute Gasteiger partial charge is 0.0960 e. The van der Waals surface area contributed by atoms with Crippen molar-refractivity contribution in [2.75, 3.05) is 5.73 Å². The zero-order valence-corrected chi connectivity index (χ0v) is 10.1. The monoisotopic (exact) mass is 217 g/mol. The van der Waals surface area contributed by atoms with Crippen LogP contribution in [-0.2, 0) is 0 Å². The van der Waals surface area contributed by atoms with E-state index in [1.807, 2.05) is 18.5 Å². The Morgan fingerprint density at radius 2 is 2.06 bits per heavy atom. The van der Waals surface area contributed by atoms with Crippen LogP contribution in [0.15, 0.2) is 24.5 Å². The minimum atomic E-state index is 0.480. The van der Waals surface area contributed by atoms with E-state index >= 15 is 0 Å². The molecule has 0 spiro atoms. The zero-order valence-electron chi connectivity index (χ0n) is 10.1. The second-order valence-corrected chi connectivity index (χ2v) is 4.88. The first-order chi connectivity index (χ1) is 7.58. The third kappa shape index (κ3) is 2.03. The lowest BCUT2D eigenvalue weighted by Gasteiger charge is -2.16. The molecule has 86 valence electrons. The molecule has 1 aromatic carbocycles. The first-order valence-electron chi connectivity index (χ1n) is 5.80. The fourth-order valence-corrected chi connectivity index (χ4v) is 2.20. The second-order valence-electron chi connectivity index (χ2n) is 4.88. The van der Waals surface area contributed by atoms with E-state index in [0.29, 0.717) is 12.0 Å². The van der Waals surface area contributed by atoms with Crippen LogP contribution in [0.4, 0.5) is 5.69 Å². The highest BCUT2D eigenvalue weighted by Crippen LogP contribution is 2.23. The maximum absolute atomic E-state index is 5.74. The van der Waals surface area contributed by atoms with Gasteiger partial charge in [-0.3, -0.25) is 0 Å². The van der Waals surface area contributed by atoms with E-state index in [1.165, 1.54) is 5.52 Å². The molecule has 0 fully saturated rings. The fraction of sp³-hybridized carbons (Fsp3) is 0.462. The molecule has 0 aliphatic rings. The van der Waals surface area contributed by atoms with E-state index in [2.05, 4.69) is 36.4 Å². The van der Waals surface area contributed by atoms with Crippen LogP contribution in [0.3, 0.4) is 0 Å². The number of nitrogens with two attached hydrogens (primary N) is 1. The molecule has 2 N–H and O–H groups in total. The fourth-order valence-electron chi connectivity index (χ4n) is 2.20. The molecule has 1 unspecified atom stereocenters. The van der Waals surface area contributed by atoms with E-state index in [0.717, 1.165) is 17.6 Å². The summed E-state index contributed by atoms with van der Waals surface area (Å²) in [5, 5.41) is 0. The van der Waals surface area contributed by atoms with Gasteiger partial charge >= 0.3 is 0 Å². The molecule has 0 bridgehead atoms. The molecule has 3 nitrogen and oxygen atoms in total. The largest absolute Gasteiger partial charge is 0.399 e. The Labute approximate surface area is 96.3 Å². The Bertz CT molecular complexity index is 485. The Balaban J connectivity index is 2.38. The van der Waals surface area contributed by atoms with Crippen molar-refractivity contribution in [1.29, 1.82) is 0 Å². The average Bonchev–Trinajstić information content (AvgIpc) is 2.59. The van der Waals surface area contributed by atoms with Gasteiger partial charge in [0.1, 0.15) is 0 Å². The quantitative estimate of drug-likeness (QED) is 0.802. The van der Waals surface area contributed by atoms with Crippen molar-refractivity contribution in [3.05, 3.63) is 24.5 Å². The van der Waals surface area contributed by atoms with Gasteiger partial charge in [-0.15, -0.1) is 0 Å². The van der Waals surface area contributed by atoms with Gasteiger partial charge in [-0.25, -0.2) is 4.98 Å². The number of nitrogens with zero attached hydrogens (tertiary/aromatic N) is 2. The number of rotatable bonds is 3. The van der Waals surface area contributed by atoms with Crippen molar-refractivity contribution >= 4 is 16.7 Å². The highest BCUT2D eigenvalue weighted by Gasteiger charge is 2.10. The van der Waals surface area contributed by atoms with Gasteiger partial charge in [0.15, 0.2) is 0 Å². The van der Waals surface area contributed by atoms with Gasteiger partial charge in [-0.1, -0.05) is 13.8 Å². The molecule has 0 aliphatic heterocycles. The van der Waals surface area contributed by atoms with Gasteiger partial charge in [0, 0.05) is 11.7 Å². The van der Waals surface area contributed by atoms with Crippen molar-refractivity contribution in [2.45, 2.75) is 33.2 Å². The average molecular weight is 217 g/mol. The maximum atomic E-state index is 5.74. The summed E-state index contributed by atoms with van der Waals surface area (Å²) in [6.07, 6.45) is 3.08. The third-order valence-corrected chi connectivity index (χ3v) is 2.89. The van der Waals surface area contributed by atoms with Crippen molar-refractivity contribution < 1.29 is 0 Å². The predicted molar refractivity (Wildman–Crippen MR) is 68.3 cm³/mol. The van der Waals surface area contributed by atoms with E-state index in [1.54, 1.807) is 0 Å². The third-order valence-electron chi connectivity index (χ3n) is 2.89. The van der Waals surface area contributed by atoms with Crippen LogP contribution >= 0.6 is 0 Å². The lowest BCUT2D eigenvalue weighted by Crippen LogP contribution is -2.06. The van der Waals surface area contributed by atoms with E-state index in [9.17, 15) is 0 Å². The molecule has 0 aliphatic carbocycles. The number of benzene rings is 1. The SMILES string of the molecule is CC(C)CC(C)n1cnc2cc(N)ccc21. The summed E-state index contributed by atoms with van der Waals surface area (Å²) in [4.78, 5) is 4.39. The summed E-state index contributed by atoms with van der Waals surface area (Å²) in [6.45, 7) is 6.72. The molecule has 2 rings (SSSR count). The summed E-state index contributed by atoms with van der Waals surface area (Å²) < 4.78 is 2.23. The summed E-state index contributed by atoms with van der Waals surface area (Å²) >= 11 is 0. The number of anilines is 1. The van der Waals surface area contributed by atoms with E-state index in [4.69, 9.17) is 5.73 Å². The van der Waals surface area contributed by atoms with E-state index in [-0.39, 0.29) is 0 Å². The summed E-state index contributed by atoms with van der Waals surface area (Å²) in [7, 11) is 0.